The number of aromatic nitrogens is 1. The zero-order chi connectivity index (χ0) is 17.2. The number of rotatable bonds is 1. The standard InChI is InChI=1S/C18H20Cl2N4O/c19-13-5-11-6-16(22-8-14(11)15(20)7-13)24-10-18(25-17(24)21)9-23-3-1-12(18)2-4-23/h5-8,12,17H,1-4,9-10,21H2. The van der Waals surface area contributed by atoms with E-state index in [4.69, 9.17) is 33.7 Å². The van der Waals surface area contributed by atoms with E-state index in [2.05, 4.69) is 14.8 Å². The summed E-state index contributed by atoms with van der Waals surface area (Å²) in [6.45, 7) is 4.10. The normalized spacial score (nSPS) is 34.4. The van der Waals surface area contributed by atoms with E-state index < -0.39 is 6.35 Å². The zero-order valence-electron chi connectivity index (χ0n) is 13.8. The molecule has 4 aliphatic heterocycles. The van der Waals surface area contributed by atoms with Crippen LogP contribution in [0.5, 0.6) is 0 Å². The summed E-state index contributed by atoms with van der Waals surface area (Å²) in [5, 5.41) is 3.08. The first-order valence-corrected chi connectivity index (χ1v) is 9.47. The highest BCUT2D eigenvalue weighted by Gasteiger charge is 2.54. The fourth-order valence-corrected chi connectivity index (χ4v) is 5.25. The predicted octanol–water partition coefficient (Wildman–Crippen LogP) is 3.08. The van der Waals surface area contributed by atoms with Crippen LogP contribution >= 0.6 is 23.2 Å². The molecule has 1 spiro atoms. The highest BCUT2D eigenvalue weighted by atomic mass is 35.5. The summed E-state index contributed by atoms with van der Waals surface area (Å²) in [5.41, 5.74) is 6.18. The molecular formula is C18H20Cl2N4O. The van der Waals surface area contributed by atoms with Crippen molar-refractivity contribution in [3.05, 3.63) is 34.4 Å². The minimum atomic E-state index is -0.472. The fraction of sp³-hybridized carbons (Fsp3) is 0.500. The Bertz CT molecular complexity index is 839. The summed E-state index contributed by atoms with van der Waals surface area (Å²) in [4.78, 5) is 9.15. The van der Waals surface area contributed by atoms with Gasteiger partial charge in [-0.25, -0.2) is 4.98 Å². The Labute approximate surface area is 156 Å². The van der Waals surface area contributed by atoms with Gasteiger partial charge in [-0.1, -0.05) is 23.2 Å². The smallest absolute Gasteiger partial charge is 0.186 e. The maximum absolute atomic E-state index is 6.35. The van der Waals surface area contributed by atoms with Gasteiger partial charge in [0.2, 0.25) is 0 Å². The van der Waals surface area contributed by atoms with E-state index >= 15 is 0 Å². The van der Waals surface area contributed by atoms with Crippen molar-refractivity contribution < 1.29 is 4.74 Å². The summed E-state index contributed by atoms with van der Waals surface area (Å²) in [6.07, 6.45) is 3.70. The molecule has 2 atom stereocenters. The molecule has 7 heteroatoms. The van der Waals surface area contributed by atoms with Crippen LogP contribution in [0, 0.1) is 5.92 Å². The first-order valence-electron chi connectivity index (χ1n) is 8.71. The lowest BCUT2D eigenvalue weighted by atomic mass is 9.75. The first kappa shape index (κ1) is 16.1. The molecule has 132 valence electrons. The van der Waals surface area contributed by atoms with Crippen LogP contribution in [0.1, 0.15) is 12.8 Å². The lowest BCUT2D eigenvalue weighted by molar-refractivity contribution is -0.137. The third kappa shape index (κ3) is 2.53. The van der Waals surface area contributed by atoms with E-state index in [9.17, 15) is 0 Å². The molecular weight excluding hydrogens is 359 g/mol. The second-order valence-electron chi connectivity index (χ2n) is 7.40. The Morgan fingerprint density at radius 2 is 1.96 bits per heavy atom. The van der Waals surface area contributed by atoms with Crippen molar-refractivity contribution >= 4 is 39.8 Å². The molecule has 0 radical (unpaired) electrons. The Morgan fingerprint density at radius 1 is 1.16 bits per heavy atom. The SMILES string of the molecule is NC1OC2(CN3CCC2CC3)CN1c1cc2cc(Cl)cc(Cl)c2cn1. The van der Waals surface area contributed by atoms with Crippen molar-refractivity contribution in [2.75, 3.05) is 31.1 Å². The molecule has 6 rings (SSSR count). The molecule has 5 heterocycles. The molecule has 1 aromatic carbocycles. The number of nitrogens with zero attached hydrogens (tertiary/aromatic N) is 3. The summed E-state index contributed by atoms with van der Waals surface area (Å²) < 4.78 is 6.32. The Balaban J connectivity index is 1.50. The lowest BCUT2D eigenvalue weighted by Crippen LogP contribution is -2.61. The number of nitrogens with two attached hydrogens (primary N) is 1. The van der Waals surface area contributed by atoms with Gasteiger partial charge < -0.3 is 14.5 Å². The minimum absolute atomic E-state index is 0.168. The number of halogens is 2. The van der Waals surface area contributed by atoms with Gasteiger partial charge in [0.1, 0.15) is 11.4 Å². The van der Waals surface area contributed by atoms with Gasteiger partial charge in [-0.2, -0.15) is 0 Å². The van der Waals surface area contributed by atoms with Crippen molar-refractivity contribution in [2.24, 2.45) is 11.7 Å². The van der Waals surface area contributed by atoms with Crippen molar-refractivity contribution in [3.8, 4) is 0 Å². The quantitative estimate of drug-likeness (QED) is 0.825. The lowest BCUT2D eigenvalue weighted by Gasteiger charge is -2.50. The van der Waals surface area contributed by atoms with E-state index in [0.717, 1.165) is 29.7 Å². The largest absolute Gasteiger partial charge is 0.335 e. The Kier molecular flexibility index (Phi) is 3.67. The summed E-state index contributed by atoms with van der Waals surface area (Å²) in [7, 11) is 0. The average molecular weight is 379 g/mol. The number of anilines is 1. The average Bonchev–Trinajstić information content (AvgIpc) is 2.91. The molecule has 2 aromatic rings. The molecule has 0 amide bonds. The molecule has 2 N–H and O–H groups in total. The fourth-order valence-electron chi connectivity index (χ4n) is 4.69. The van der Waals surface area contributed by atoms with E-state index in [-0.39, 0.29) is 5.60 Å². The van der Waals surface area contributed by atoms with E-state index in [1.54, 1.807) is 12.3 Å². The highest BCUT2D eigenvalue weighted by Crippen LogP contribution is 2.43. The summed E-state index contributed by atoms with van der Waals surface area (Å²) in [6, 6.07) is 5.64. The van der Waals surface area contributed by atoms with Crippen LogP contribution in [0.4, 0.5) is 5.82 Å². The van der Waals surface area contributed by atoms with Crippen molar-refractivity contribution in [1.29, 1.82) is 0 Å². The monoisotopic (exact) mass is 378 g/mol. The Hall–Kier alpha value is -1.11. The molecule has 4 saturated heterocycles. The third-order valence-electron chi connectivity index (χ3n) is 5.95. The van der Waals surface area contributed by atoms with Gasteiger partial charge in [0, 0.05) is 23.2 Å². The number of ether oxygens (including phenoxy) is 1. The number of benzene rings is 1. The van der Waals surface area contributed by atoms with Gasteiger partial charge in [-0.15, -0.1) is 0 Å². The van der Waals surface area contributed by atoms with Gasteiger partial charge in [0.05, 0.1) is 11.6 Å². The van der Waals surface area contributed by atoms with Crippen molar-refractivity contribution in [2.45, 2.75) is 24.8 Å². The van der Waals surface area contributed by atoms with Crippen molar-refractivity contribution in [1.82, 2.24) is 9.88 Å². The third-order valence-corrected chi connectivity index (χ3v) is 6.49. The van der Waals surface area contributed by atoms with Gasteiger partial charge in [-0.3, -0.25) is 5.73 Å². The molecule has 1 aromatic heterocycles. The van der Waals surface area contributed by atoms with Crippen LogP contribution in [-0.4, -0.2) is 48.0 Å². The van der Waals surface area contributed by atoms with E-state index in [1.165, 1.54) is 25.9 Å². The maximum atomic E-state index is 6.35. The molecule has 5 nitrogen and oxygen atoms in total. The Morgan fingerprint density at radius 3 is 2.68 bits per heavy atom. The van der Waals surface area contributed by atoms with Crippen LogP contribution in [0.25, 0.3) is 10.8 Å². The first-order chi connectivity index (χ1) is 12.0. The van der Waals surface area contributed by atoms with E-state index in [0.29, 0.717) is 16.0 Å². The molecule has 0 aliphatic carbocycles. The molecule has 0 saturated carbocycles. The molecule has 4 fully saturated rings. The number of hydrogen-bond donors (Lipinski definition) is 1. The van der Waals surface area contributed by atoms with Crippen molar-refractivity contribution in [3.63, 3.8) is 0 Å². The summed E-state index contributed by atoms with van der Waals surface area (Å²) in [5.74, 6) is 1.39. The topological polar surface area (TPSA) is 54.6 Å². The van der Waals surface area contributed by atoms with Crippen LogP contribution in [0.15, 0.2) is 24.4 Å². The molecule has 4 aliphatic rings. The zero-order valence-corrected chi connectivity index (χ0v) is 15.3. The predicted molar refractivity (Wildman–Crippen MR) is 100 cm³/mol. The molecule has 2 bridgehead atoms. The maximum Gasteiger partial charge on any atom is 0.186 e. The van der Waals surface area contributed by atoms with E-state index in [1.807, 2.05) is 12.1 Å². The second-order valence-corrected chi connectivity index (χ2v) is 8.25. The van der Waals surface area contributed by atoms with Gasteiger partial charge in [0.25, 0.3) is 0 Å². The van der Waals surface area contributed by atoms with Crippen LogP contribution < -0.4 is 10.6 Å². The van der Waals surface area contributed by atoms with Gasteiger partial charge in [-0.05, 0) is 55.4 Å². The van der Waals surface area contributed by atoms with Gasteiger partial charge in [0.15, 0.2) is 6.35 Å². The van der Waals surface area contributed by atoms with Crippen LogP contribution in [0.3, 0.4) is 0 Å². The van der Waals surface area contributed by atoms with Gasteiger partial charge >= 0.3 is 0 Å². The molecule has 25 heavy (non-hydrogen) atoms. The number of fused-ring (bicyclic) bond motifs is 3. The number of hydrogen-bond acceptors (Lipinski definition) is 5. The minimum Gasteiger partial charge on any atom is -0.335 e. The molecule has 2 unspecified atom stereocenters. The number of piperidine rings is 3. The second kappa shape index (κ2) is 5.69. The number of pyridine rings is 1. The van der Waals surface area contributed by atoms with Crippen LogP contribution in [0.2, 0.25) is 10.0 Å². The summed E-state index contributed by atoms with van der Waals surface area (Å²) >= 11 is 12.4. The highest BCUT2D eigenvalue weighted by molar-refractivity contribution is 6.38. The van der Waals surface area contributed by atoms with Crippen LogP contribution in [-0.2, 0) is 4.74 Å².